The summed E-state index contributed by atoms with van der Waals surface area (Å²) >= 11 is 0. The van der Waals surface area contributed by atoms with Crippen molar-refractivity contribution in [2.75, 3.05) is 39.3 Å². The number of rotatable bonds is 3. The molecule has 2 atom stereocenters. The third-order valence-electron chi connectivity index (χ3n) is 7.01. The molecule has 0 spiro atoms. The summed E-state index contributed by atoms with van der Waals surface area (Å²) in [6.07, 6.45) is 11.9. The van der Waals surface area contributed by atoms with Crippen LogP contribution in [0.15, 0.2) is 0 Å². The molecule has 0 radical (unpaired) electrons. The molecule has 4 aliphatic rings. The number of aliphatic hydroxyl groups excluding tert-OH is 1. The van der Waals surface area contributed by atoms with E-state index in [-0.39, 0.29) is 6.10 Å². The number of hydrogen-bond acceptors (Lipinski definition) is 4. The highest BCUT2D eigenvalue weighted by Gasteiger charge is 2.40. The largest absolute Gasteiger partial charge is 0.391 e. The van der Waals surface area contributed by atoms with Crippen LogP contribution in [0.5, 0.6) is 0 Å². The van der Waals surface area contributed by atoms with E-state index in [0.29, 0.717) is 6.04 Å². The summed E-state index contributed by atoms with van der Waals surface area (Å²) < 4.78 is 0. The van der Waals surface area contributed by atoms with Gasteiger partial charge < -0.3 is 5.11 Å². The molecule has 23 heavy (non-hydrogen) atoms. The maximum absolute atomic E-state index is 10.2. The molecule has 4 heteroatoms. The Balaban J connectivity index is 1.20. The molecule has 2 aliphatic heterocycles. The second kappa shape index (κ2) is 7.38. The first-order chi connectivity index (χ1) is 11.3. The summed E-state index contributed by atoms with van der Waals surface area (Å²) in [6.45, 7) is 7.50. The SMILES string of the molecule is OC1CCCCC1N1CC(N2CCN(C3CCCCC3)CC2)C1. The molecular formula is C19H35N3O. The maximum Gasteiger partial charge on any atom is 0.0695 e. The first-order valence-corrected chi connectivity index (χ1v) is 10.2. The first kappa shape index (κ1) is 16.3. The van der Waals surface area contributed by atoms with Gasteiger partial charge in [-0.1, -0.05) is 32.1 Å². The van der Waals surface area contributed by atoms with Crippen LogP contribution in [0.2, 0.25) is 0 Å². The van der Waals surface area contributed by atoms with Crippen LogP contribution in [0.4, 0.5) is 0 Å². The molecule has 2 saturated heterocycles. The van der Waals surface area contributed by atoms with Crippen LogP contribution in [0.3, 0.4) is 0 Å². The van der Waals surface area contributed by atoms with Gasteiger partial charge in [-0.05, 0) is 25.7 Å². The topological polar surface area (TPSA) is 30.0 Å². The predicted molar refractivity (Wildman–Crippen MR) is 93.6 cm³/mol. The monoisotopic (exact) mass is 321 g/mol. The highest BCUT2D eigenvalue weighted by atomic mass is 16.3. The number of piperazine rings is 1. The van der Waals surface area contributed by atoms with Crippen molar-refractivity contribution < 1.29 is 5.11 Å². The number of hydrogen-bond donors (Lipinski definition) is 1. The Bertz CT molecular complexity index is 371. The van der Waals surface area contributed by atoms with Gasteiger partial charge >= 0.3 is 0 Å². The van der Waals surface area contributed by atoms with Crippen molar-refractivity contribution in [2.45, 2.75) is 82.0 Å². The zero-order chi connectivity index (χ0) is 15.6. The molecule has 0 aromatic carbocycles. The zero-order valence-electron chi connectivity index (χ0n) is 14.7. The summed E-state index contributed by atoms with van der Waals surface area (Å²) in [7, 11) is 0. The van der Waals surface area contributed by atoms with Crippen molar-refractivity contribution in [2.24, 2.45) is 0 Å². The predicted octanol–water partition coefficient (Wildman–Crippen LogP) is 1.92. The lowest BCUT2D eigenvalue weighted by atomic mass is 9.88. The van der Waals surface area contributed by atoms with Crippen LogP contribution < -0.4 is 0 Å². The van der Waals surface area contributed by atoms with E-state index in [4.69, 9.17) is 0 Å². The normalized spacial score (nSPS) is 36.9. The van der Waals surface area contributed by atoms with Crippen LogP contribution in [-0.4, -0.2) is 83.3 Å². The van der Waals surface area contributed by atoms with E-state index in [1.54, 1.807) is 0 Å². The zero-order valence-corrected chi connectivity index (χ0v) is 14.7. The quantitative estimate of drug-likeness (QED) is 0.860. The molecular weight excluding hydrogens is 286 g/mol. The molecule has 0 aromatic heterocycles. The van der Waals surface area contributed by atoms with E-state index >= 15 is 0 Å². The van der Waals surface area contributed by atoms with Gasteiger partial charge in [-0.15, -0.1) is 0 Å². The van der Waals surface area contributed by atoms with Crippen molar-refractivity contribution in [1.82, 2.24) is 14.7 Å². The van der Waals surface area contributed by atoms with Crippen LogP contribution in [0, 0.1) is 0 Å². The molecule has 4 rings (SSSR count). The average Bonchev–Trinajstić information content (AvgIpc) is 2.57. The second-order valence-corrected chi connectivity index (χ2v) is 8.39. The highest BCUT2D eigenvalue weighted by Crippen LogP contribution is 2.29. The Morgan fingerprint density at radius 2 is 1.13 bits per heavy atom. The van der Waals surface area contributed by atoms with E-state index in [1.165, 1.54) is 90.6 Å². The lowest BCUT2D eigenvalue weighted by Crippen LogP contribution is -2.67. The molecule has 2 aliphatic carbocycles. The Hall–Kier alpha value is -0.160. The van der Waals surface area contributed by atoms with Gasteiger partial charge in [-0.3, -0.25) is 14.7 Å². The lowest BCUT2D eigenvalue weighted by molar-refractivity contribution is -0.0653. The third kappa shape index (κ3) is 3.60. The molecule has 2 heterocycles. The van der Waals surface area contributed by atoms with E-state index < -0.39 is 0 Å². The molecule has 4 nitrogen and oxygen atoms in total. The molecule has 2 unspecified atom stereocenters. The fourth-order valence-electron chi connectivity index (χ4n) is 5.42. The Labute approximate surface area is 141 Å². The Morgan fingerprint density at radius 3 is 1.78 bits per heavy atom. The highest BCUT2D eigenvalue weighted by molar-refractivity contribution is 4.96. The summed E-state index contributed by atoms with van der Waals surface area (Å²) in [5.41, 5.74) is 0. The lowest BCUT2D eigenvalue weighted by Gasteiger charge is -2.53. The summed E-state index contributed by atoms with van der Waals surface area (Å²) in [5.74, 6) is 0. The standard InChI is InChI=1S/C19H35N3O/c23-19-9-5-4-8-18(19)22-14-17(15-22)21-12-10-20(11-13-21)16-6-2-1-3-7-16/h16-19,23H,1-15H2. The average molecular weight is 322 g/mol. The number of nitrogens with zero attached hydrogens (tertiary/aromatic N) is 3. The summed E-state index contributed by atoms with van der Waals surface area (Å²) in [6, 6.07) is 2.11. The fraction of sp³-hybridized carbons (Fsp3) is 1.00. The van der Waals surface area contributed by atoms with Gasteiger partial charge in [0, 0.05) is 57.4 Å². The molecule has 0 amide bonds. The van der Waals surface area contributed by atoms with Gasteiger partial charge in [-0.2, -0.15) is 0 Å². The van der Waals surface area contributed by atoms with Gasteiger partial charge in [0.05, 0.1) is 6.10 Å². The van der Waals surface area contributed by atoms with E-state index in [1.807, 2.05) is 0 Å². The number of likely N-dealkylation sites (tertiary alicyclic amines) is 1. The minimum Gasteiger partial charge on any atom is -0.391 e. The van der Waals surface area contributed by atoms with Gasteiger partial charge in [0.15, 0.2) is 0 Å². The number of aliphatic hydroxyl groups is 1. The smallest absolute Gasteiger partial charge is 0.0695 e. The van der Waals surface area contributed by atoms with Crippen LogP contribution in [-0.2, 0) is 0 Å². The summed E-state index contributed by atoms with van der Waals surface area (Å²) in [5, 5.41) is 10.2. The van der Waals surface area contributed by atoms with Crippen LogP contribution >= 0.6 is 0 Å². The van der Waals surface area contributed by atoms with Crippen molar-refractivity contribution in [3.63, 3.8) is 0 Å². The Morgan fingerprint density at radius 1 is 0.565 bits per heavy atom. The molecule has 1 N–H and O–H groups in total. The van der Waals surface area contributed by atoms with E-state index in [9.17, 15) is 5.11 Å². The molecule has 132 valence electrons. The first-order valence-electron chi connectivity index (χ1n) is 10.2. The third-order valence-corrected chi connectivity index (χ3v) is 7.01. The van der Waals surface area contributed by atoms with Crippen molar-refractivity contribution in [3.8, 4) is 0 Å². The van der Waals surface area contributed by atoms with E-state index in [0.717, 1.165) is 18.5 Å². The van der Waals surface area contributed by atoms with Crippen LogP contribution in [0.25, 0.3) is 0 Å². The minimum atomic E-state index is -0.0622. The van der Waals surface area contributed by atoms with Gasteiger partial charge in [0.25, 0.3) is 0 Å². The van der Waals surface area contributed by atoms with Crippen molar-refractivity contribution in [1.29, 1.82) is 0 Å². The maximum atomic E-state index is 10.2. The minimum absolute atomic E-state index is 0.0622. The van der Waals surface area contributed by atoms with Crippen molar-refractivity contribution in [3.05, 3.63) is 0 Å². The van der Waals surface area contributed by atoms with Crippen molar-refractivity contribution >= 4 is 0 Å². The Kier molecular flexibility index (Phi) is 5.24. The summed E-state index contributed by atoms with van der Waals surface area (Å²) in [4.78, 5) is 8.06. The molecule has 4 fully saturated rings. The molecule has 0 bridgehead atoms. The fourth-order valence-corrected chi connectivity index (χ4v) is 5.42. The van der Waals surface area contributed by atoms with Gasteiger partial charge in [-0.25, -0.2) is 0 Å². The van der Waals surface area contributed by atoms with Crippen LogP contribution in [0.1, 0.15) is 57.8 Å². The second-order valence-electron chi connectivity index (χ2n) is 8.39. The van der Waals surface area contributed by atoms with E-state index in [2.05, 4.69) is 14.7 Å². The van der Waals surface area contributed by atoms with Gasteiger partial charge in [0.1, 0.15) is 0 Å². The van der Waals surface area contributed by atoms with Gasteiger partial charge in [0.2, 0.25) is 0 Å². The molecule has 0 aromatic rings. The molecule has 2 saturated carbocycles.